The molecule has 0 amide bonds. The van der Waals surface area contributed by atoms with E-state index in [2.05, 4.69) is 4.89 Å². The van der Waals surface area contributed by atoms with Crippen LogP contribution >= 0.6 is 11.6 Å². The van der Waals surface area contributed by atoms with E-state index in [-0.39, 0.29) is 116 Å². The molecule has 2 aromatic rings. The Hall–Kier alpha value is 0.553. The van der Waals surface area contributed by atoms with Gasteiger partial charge in [0.2, 0.25) is 0 Å². The fourth-order valence-corrected chi connectivity index (χ4v) is 1.94. The van der Waals surface area contributed by atoms with Crippen molar-refractivity contribution in [3.63, 3.8) is 0 Å². The van der Waals surface area contributed by atoms with Gasteiger partial charge in [-0.25, -0.2) is 0 Å². The summed E-state index contributed by atoms with van der Waals surface area (Å²) >= 11 is 5.27. The Morgan fingerprint density at radius 3 is 1.67 bits per heavy atom. The third-order valence-electron chi connectivity index (χ3n) is 3.58. The first kappa shape index (κ1) is 35.7. The molecule has 2 fully saturated rings. The Labute approximate surface area is 285 Å². The van der Waals surface area contributed by atoms with E-state index in [4.69, 9.17) is 50.4 Å². The number of alkyl halides is 1. The quantitative estimate of drug-likeness (QED) is 0.0943. The van der Waals surface area contributed by atoms with Crippen molar-refractivity contribution in [2.45, 2.75) is 12.2 Å². The van der Waals surface area contributed by atoms with E-state index in [0.29, 0.717) is 24.7 Å². The second kappa shape index (κ2) is 23.0. The maximum absolute atomic E-state index is 8.80. The minimum atomic E-state index is -0.181. The molecule has 0 aromatic heterocycles. The zero-order chi connectivity index (χ0) is 22.9. The molecule has 0 radical (unpaired) electrons. The number of hydrogen-bond donors (Lipinski definition) is 1. The van der Waals surface area contributed by atoms with Crippen LogP contribution in [0.25, 0.3) is 0 Å². The normalized spacial score (nSPS) is 16.0. The summed E-state index contributed by atoms with van der Waals surface area (Å²) in [6.07, 6.45) is 0.707. The van der Waals surface area contributed by atoms with Crippen LogP contribution < -0.4 is 122 Å². The van der Waals surface area contributed by atoms with E-state index in [1.165, 1.54) is 0 Å². The SMILES string of the molecule is COc1ccc(O)cc1.COc1ccc(OCC2CO2)cc1.ClCC1CO1.O=CO[O-].[H-].[K+].[K+]. The van der Waals surface area contributed by atoms with Crippen molar-refractivity contribution in [3.05, 3.63) is 48.5 Å². The van der Waals surface area contributed by atoms with Gasteiger partial charge in [-0.15, -0.1) is 11.6 Å². The Kier molecular flexibility index (Phi) is 24.9. The zero-order valence-corrected chi connectivity index (χ0v) is 26.3. The number of benzene rings is 2. The van der Waals surface area contributed by atoms with Crippen LogP contribution in [0, 0.1) is 0 Å². The summed E-state index contributed by atoms with van der Waals surface area (Å²) in [5.74, 6) is 3.38. The van der Waals surface area contributed by atoms with Gasteiger partial charge in [0.15, 0.2) is 0 Å². The first-order valence-electron chi connectivity index (χ1n) is 9.17. The molecule has 4 rings (SSSR count). The van der Waals surface area contributed by atoms with Crippen molar-refractivity contribution in [2.75, 3.05) is 39.9 Å². The van der Waals surface area contributed by atoms with Crippen LogP contribution in [0.2, 0.25) is 0 Å². The first-order chi connectivity index (χ1) is 15.1. The Balaban J connectivity index is -0.000000403. The predicted octanol–water partition coefficient (Wildman–Crippen LogP) is -3.95. The topological polar surface area (TPSA) is 122 Å². The van der Waals surface area contributed by atoms with Crippen LogP contribution in [-0.4, -0.2) is 63.7 Å². The van der Waals surface area contributed by atoms with E-state index >= 15 is 0 Å². The largest absolute Gasteiger partial charge is 1.00 e. The third-order valence-corrected chi connectivity index (χ3v) is 3.93. The number of aromatic hydroxyl groups is 1. The van der Waals surface area contributed by atoms with Crippen LogP contribution in [0.15, 0.2) is 48.5 Å². The molecule has 33 heavy (non-hydrogen) atoms. The van der Waals surface area contributed by atoms with Crippen LogP contribution in [0.1, 0.15) is 1.43 Å². The van der Waals surface area contributed by atoms with Gasteiger partial charge in [0, 0.05) is 0 Å². The van der Waals surface area contributed by atoms with Crippen molar-refractivity contribution < 1.29 is 148 Å². The fraction of sp³-hybridized carbons (Fsp3) is 0.381. The molecule has 0 bridgehead atoms. The number of halogens is 1. The summed E-state index contributed by atoms with van der Waals surface area (Å²) in [4.78, 5) is 11.2. The Morgan fingerprint density at radius 2 is 1.36 bits per heavy atom. The molecule has 0 spiro atoms. The molecule has 2 unspecified atom stereocenters. The molecule has 12 heteroatoms. The van der Waals surface area contributed by atoms with Crippen molar-refractivity contribution >= 4 is 18.1 Å². The third kappa shape index (κ3) is 20.4. The first-order valence-corrected chi connectivity index (χ1v) is 9.71. The number of ether oxygens (including phenoxy) is 5. The summed E-state index contributed by atoms with van der Waals surface area (Å²) in [6, 6.07) is 14.1. The summed E-state index contributed by atoms with van der Waals surface area (Å²) in [7, 11) is 3.24. The summed E-state index contributed by atoms with van der Waals surface area (Å²) in [6.45, 7) is 2.17. The van der Waals surface area contributed by atoms with Crippen molar-refractivity contribution in [1.29, 1.82) is 0 Å². The standard InChI is InChI=1S/C10H12O3.C7H8O2.C3H5ClO.CH2O3.2K.H/c1-11-8-2-4-9(5-3-8)12-6-10-7-13-10;1-9-7-4-2-6(8)3-5-7;4-1-3-2-5-3;2-1-4-3;;;/h2-5,10H,6-7H2,1H3;2-5,8H,1H3;3H,1-2H2;1,3H;;;/q;;;;2*+1;-1/p-1. The molecule has 9 nitrogen and oxygen atoms in total. The number of phenolic OH excluding ortho intramolecular Hbond substituents is 1. The van der Waals surface area contributed by atoms with Crippen LogP contribution in [0.3, 0.4) is 0 Å². The molecule has 2 heterocycles. The maximum Gasteiger partial charge on any atom is 1.00 e. The van der Waals surface area contributed by atoms with E-state index < -0.39 is 0 Å². The smallest absolute Gasteiger partial charge is 1.00 e. The Bertz CT molecular complexity index is 719. The molecule has 2 aromatic carbocycles. The molecule has 174 valence electrons. The molecule has 0 saturated carbocycles. The molecule has 0 aliphatic carbocycles. The summed E-state index contributed by atoms with van der Waals surface area (Å²) in [5, 5.41) is 17.2. The van der Waals surface area contributed by atoms with Gasteiger partial charge in [0.1, 0.15) is 35.7 Å². The molecule has 2 atom stereocenters. The number of epoxide rings is 2. The monoisotopic (exact) mass is 536 g/mol. The molecule has 1 N–H and O–H groups in total. The summed E-state index contributed by atoms with van der Waals surface area (Å²) in [5.41, 5.74) is 0. The van der Waals surface area contributed by atoms with Crippen LogP contribution in [0.5, 0.6) is 23.0 Å². The van der Waals surface area contributed by atoms with Gasteiger partial charge in [-0.2, -0.15) is 0 Å². The number of methoxy groups -OCH3 is 2. The van der Waals surface area contributed by atoms with Gasteiger partial charge < -0.3 is 40.4 Å². The van der Waals surface area contributed by atoms with Gasteiger partial charge in [0.25, 0.3) is 6.47 Å². The van der Waals surface area contributed by atoms with Crippen LogP contribution in [0.4, 0.5) is 0 Å². The molecular weight excluding hydrogens is 510 g/mol. The van der Waals surface area contributed by atoms with E-state index in [9.17, 15) is 0 Å². The van der Waals surface area contributed by atoms with Gasteiger partial charge in [-0.3, -0.25) is 4.79 Å². The number of carbonyl (C=O) groups is 1. The van der Waals surface area contributed by atoms with E-state index in [1.807, 2.05) is 24.3 Å². The van der Waals surface area contributed by atoms with Crippen LogP contribution in [-0.2, 0) is 19.2 Å². The minimum Gasteiger partial charge on any atom is -1.00 e. The second-order valence-corrected chi connectivity index (χ2v) is 6.25. The van der Waals surface area contributed by atoms with E-state index in [0.717, 1.165) is 30.5 Å². The zero-order valence-electron chi connectivity index (χ0n) is 20.3. The molecule has 2 aliphatic heterocycles. The number of carbonyl (C=O) groups excluding carboxylic acids is 1. The molecule has 2 aliphatic rings. The number of phenols is 1. The fourth-order valence-electron chi connectivity index (χ4n) is 1.76. The van der Waals surface area contributed by atoms with Crippen molar-refractivity contribution in [1.82, 2.24) is 0 Å². The van der Waals surface area contributed by atoms with Gasteiger partial charge in [-0.1, -0.05) is 0 Å². The predicted molar refractivity (Wildman–Crippen MR) is 112 cm³/mol. The average Bonchev–Trinajstić information content (AvgIpc) is 3.74. The maximum atomic E-state index is 8.80. The van der Waals surface area contributed by atoms with Gasteiger partial charge in [-0.05, 0) is 48.5 Å². The summed E-state index contributed by atoms with van der Waals surface area (Å²) < 4.78 is 25.1. The minimum absolute atomic E-state index is 0. The Morgan fingerprint density at radius 1 is 0.970 bits per heavy atom. The average molecular weight is 537 g/mol. The van der Waals surface area contributed by atoms with Gasteiger partial charge in [0.05, 0.1) is 39.4 Å². The molecular formula is C21H27ClK2O9. The van der Waals surface area contributed by atoms with Crippen molar-refractivity contribution in [2.24, 2.45) is 0 Å². The van der Waals surface area contributed by atoms with Gasteiger partial charge >= 0.3 is 103 Å². The van der Waals surface area contributed by atoms with E-state index in [1.54, 1.807) is 38.5 Å². The second-order valence-electron chi connectivity index (χ2n) is 5.94. The number of rotatable bonds is 7. The number of hydrogen-bond acceptors (Lipinski definition) is 9. The molecule has 2 saturated heterocycles. The van der Waals surface area contributed by atoms with Crippen molar-refractivity contribution in [3.8, 4) is 23.0 Å².